The Kier molecular flexibility index (Phi) is 3.94. The van der Waals surface area contributed by atoms with E-state index in [1.165, 1.54) is 12.1 Å². The quantitative estimate of drug-likeness (QED) is 0.660. The molecule has 1 aromatic rings. The van der Waals surface area contributed by atoms with E-state index < -0.39 is 0 Å². The van der Waals surface area contributed by atoms with Crippen LogP contribution in [0, 0.1) is 0 Å². The summed E-state index contributed by atoms with van der Waals surface area (Å²) < 4.78 is 5.47. The van der Waals surface area contributed by atoms with Crippen LogP contribution in [0.15, 0.2) is 18.2 Å². The SMILES string of the molecule is CCO[C@@H](c1ccc(O)c(O)c1)[C@H](C)N. The predicted octanol–water partition coefficient (Wildman–Crippen LogP) is 1.52. The molecule has 0 bridgehead atoms. The predicted molar refractivity (Wildman–Crippen MR) is 57.8 cm³/mol. The van der Waals surface area contributed by atoms with Gasteiger partial charge in [-0.05, 0) is 31.5 Å². The number of rotatable bonds is 4. The largest absolute Gasteiger partial charge is 0.504 e. The van der Waals surface area contributed by atoms with E-state index in [1.807, 2.05) is 13.8 Å². The summed E-state index contributed by atoms with van der Waals surface area (Å²) in [6, 6.07) is 4.42. The molecule has 1 rings (SSSR count). The van der Waals surface area contributed by atoms with Crippen LogP contribution in [-0.2, 0) is 4.74 Å². The van der Waals surface area contributed by atoms with Gasteiger partial charge in [0.2, 0.25) is 0 Å². The van der Waals surface area contributed by atoms with E-state index in [9.17, 15) is 10.2 Å². The van der Waals surface area contributed by atoms with E-state index >= 15 is 0 Å². The molecule has 0 aliphatic rings. The summed E-state index contributed by atoms with van der Waals surface area (Å²) in [4.78, 5) is 0. The van der Waals surface area contributed by atoms with E-state index in [1.54, 1.807) is 6.07 Å². The Morgan fingerprint density at radius 3 is 2.47 bits per heavy atom. The highest BCUT2D eigenvalue weighted by atomic mass is 16.5. The van der Waals surface area contributed by atoms with Crippen LogP contribution in [0.4, 0.5) is 0 Å². The van der Waals surface area contributed by atoms with Crippen LogP contribution >= 0.6 is 0 Å². The van der Waals surface area contributed by atoms with Crippen molar-refractivity contribution in [1.29, 1.82) is 0 Å². The summed E-state index contributed by atoms with van der Waals surface area (Å²) in [5.74, 6) is -0.295. The number of aromatic hydroxyl groups is 2. The zero-order chi connectivity index (χ0) is 11.4. The standard InChI is InChI=1S/C11H17NO3/c1-3-15-11(7(2)12)8-4-5-9(13)10(14)6-8/h4-7,11,13-14H,3,12H2,1-2H3/t7-,11+/m0/s1. The van der Waals surface area contributed by atoms with Crippen molar-refractivity contribution in [3.63, 3.8) is 0 Å². The molecule has 0 aliphatic carbocycles. The molecule has 1 aromatic carbocycles. The van der Waals surface area contributed by atoms with Crippen molar-refractivity contribution in [1.82, 2.24) is 0 Å². The Hall–Kier alpha value is -1.26. The van der Waals surface area contributed by atoms with Crippen LogP contribution < -0.4 is 5.73 Å². The minimum Gasteiger partial charge on any atom is -0.504 e. The van der Waals surface area contributed by atoms with Gasteiger partial charge < -0.3 is 20.7 Å². The van der Waals surface area contributed by atoms with E-state index in [4.69, 9.17) is 10.5 Å². The number of phenols is 2. The molecule has 4 N–H and O–H groups in total. The lowest BCUT2D eigenvalue weighted by Gasteiger charge is -2.21. The van der Waals surface area contributed by atoms with Gasteiger partial charge in [0, 0.05) is 12.6 Å². The number of hydrogen-bond acceptors (Lipinski definition) is 4. The summed E-state index contributed by atoms with van der Waals surface area (Å²) in [7, 11) is 0. The lowest BCUT2D eigenvalue weighted by atomic mass is 10.0. The summed E-state index contributed by atoms with van der Waals surface area (Å²) in [6.45, 7) is 4.27. The molecule has 4 nitrogen and oxygen atoms in total. The van der Waals surface area contributed by atoms with Gasteiger partial charge in [-0.3, -0.25) is 0 Å². The van der Waals surface area contributed by atoms with Crippen molar-refractivity contribution in [3.05, 3.63) is 23.8 Å². The fraction of sp³-hybridized carbons (Fsp3) is 0.455. The second kappa shape index (κ2) is 5.00. The van der Waals surface area contributed by atoms with Crippen LogP contribution in [0.25, 0.3) is 0 Å². The Labute approximate surface area is 89.3 Å². The number of hydrogen-bond donors (Lipinski definition) is 3. The van der Waals surface area contributed by atoms with Crippen molar-refractivity contribution in [3.8, 4) is 11.5 Å². The molecule has 4 heteroatoms. The van der Waals surface area contributed by atoms with Gasteiger partial charge in [0.25, 0.3) is 0 Å². The highest BCUT2D eigenvalue weighted by molar-refractivity contribution is 5.41. The first-order valence-corrected chi connectivity index (χ1v) is 4.95. The number of ether oxygens (including phenoxy) is 1. The normalized spacial score (nSPS) is 14.9. The smallest absolute Gasteiger partial charge is 0.157 e. The maximum atomic E-state index is 9.35. The van der Waals surface area contributed by atoms with Gasteiger partial charge in [0.15, 0.2) is 11.5 Å². The molecule has 0 heterocycles. The van der Waals surface area contributed by atoms with E-state index in [0.29, 0.717) is 6.61 Å². The molecule has 84 valence electrons. The molecule has 0 fully saturated rings. The average molecular weight is 211 g/mol. The van der Waals surface area contributed by atoms with E-state index in [-0.39, 0.29) is 23.6 Å². The third kappa shape index (κ3) is 2.84. The zero-order valence-corrected chi connectivity index (χ0v) is 8.97. The molecule has 0 aromatic heterocycles. The van der Waals surface area contributed by atoms with Gasteiger partial charge in [-0.1, -0.05) is 6.07 Å². The molecule has 15 heavy (non-hydrogen) atoms. The molecule has 0 saturated heterocycles. The van der Waals surface area contributed by atoms with Crippen molar-refractivity contribution in [2.24, 2.45) is 5.73 Å². The maximum Gasteiger partial charge on any atom is 0.157 e. The zero-order valence-electron chi connectivity index (χ0n) is 8.97. The van der Waals surface area contributed by atoms with Crippen molar-refractivity contribution in [2.75, 3.05) is 6.61 Å². The topological polar surface area (TPSA) is 75.7 Å². The molecule has 0 amide bonds. The van der Waals surface area contributed by atoms with Crippen molar-refractivity contribution >= 4 is 0 Å². The van der Waals surface area contributed by atoms with Gasteiger partial charge in [-0.2, -0.15) is 0 Å². The first-order chi connectivity index (χ1) is 7.06. The second-order valence-electron chi connectivity index (χ2n) is 3.48. The highest BCUT2D eigenvalue weighted by Crippen LogP contribution is 2.30. The first-order valence-electron chi connectivity index (χ1n) is 4.95. The number of benzene rings is 1. The molecule has 0 saturated carbocycles. The highest BCUT2D eigenvalue weighted by Gasteiger charge is 2.17. The van der Waals surface area contributed by atoms with Crippen molar-refractivity contribution < 1.29 is 14.9 Å². The Morgan fingerprint density at radius 1 is 1.33 bits per heavy atom. The van der Waals surface area contributed by atoms with Crippen LogP contribution in [0.2, 0.25) is 0 Å². The van der Waals surface area contributed by atoms with Crippen molar-refractivity contribution in [2.45, 2.75) is 26.0 Å². The van der Waals surface area contributed by atoms with Crippen LogP contribution in [0.1, 0.15) is 25.5 Å². The molecular weight excluding hydrogens is 194 g/mol. The Bertz CT molecular complexity index is 326. The molecular formula is C11H17NO3. The fourth-order valence-corrected chi connectivity index (χ4v) is 1.45. The molecule has 0 aliphatic heterocycles. The van der Waals surface area contributed by atoms with Gasteiger partial charge in [-0.25, -0.2) is 0 Å². The second-order valence-corrected chi connectivity index (χ2v) is 3.48. The van der Waals surface area contributed by atoms with Crippen LogP contribution in [0.3, 0.4) is 0 Å². The van der Waals surface area contributed by atoms with Gasteiger partial charge in [-0.15, -0.1) is 0 Å². The Morgan fingerprint density at radius 2 is 2.00 bits per heavy atom. The first kappa shape index (κ1) is 11.8. The summed E-state index contributed by atoms with van der Waals surface area (Å²) in [6.07, 6.45) is -0.263. The van der Waals surface area contributed by atoms with E-state index in [2.05, 4.69) is 0 Å². The van der Waals surface area contributed by atoms with Gasteiger partial charge >= 0.3 is 0 Å². The number of nitrogens with two attached hydrogens (primary N) is 1. The minimum atomic E-state index is -0.263. The summed E-state index contributed by atoms with van der Waals surface area (Å²) >= 11 is 0. The lowest BCUT2D eigenvalue weighted by molar-refractivity contribution is 0.0473. The summed E-state index contributed by atoms with van der Waals surface area (Å²) in [5.41, 5.74) is 6.54. The monoisotopic (exact) mass is 211 g/mol. The summed E-state index contributed by atoms with van der Waals surface area (Å²) in [5, 5.41) is 18.5. The minimum absolute atomic E-state index is 0.140. The lowest BCUT2D eigenvalue weighted by Crippen LogP contribution is -2.26. The van der Waals surface area contributed by atoms with Crippen LogP contribution in [0.5, 0.6) is 11.5 Å². The Balaban J connectivity index is 2.95. The van der Waals surface area contributed by atoms with Crippen LogP contribution in [-0.4, -0.2) is 22.9 Å². The number of phenolic OH excluding ortho intramolecular Hbond substituents is 2. The maximum absolute atomic E-state index is 9.35. The van der Waals surface area contributed by atoms with Gasteiger partial charge in [0.05, 0.1) is 6.10 Å². The molecule has 2 atom stereocenters. The third-order valence-corrected chi connectivity index (χ3v) is 2.15. The average Bonchev–Trinajstić information content (AvgIpc) is 2.18. The third-order valence-electron chi connectivity index (χ3n) is 2.15. The molecule has 0 spiro atoms. The molecule has 0 radical (unpaired) electrons. The van der Waals surface area contributed by atoms with Gasteiger partial charge in [0.1, 0.15) is 0 Å². The fourth-order valence-electron chi connectivity index (χ4n) is 1.45. The molecule has 0 unspecified atom stereocenters. The van der Waals surface area contributed by atoms with E-state index in [0.717, 1.165) is 5.56 Å².